The molecule has 2 N–H and O–H groups in total. The Morgan fingerprint density at radius 2 is 1.25 bits per heavy atom. The summed E-state index contributed by atoms with van der Waals surface area (Å²) in [4.78, 5) is 12.7. The van der Waals surface area contributed by atoms with Gasteiger partial charge in [-0.15, -0.1) is 0 Å². The molecule has 0 bridgehead atoms. The van der Waals surface area contributed by atoms with Gasteiger partial charge in [0.1, 0.15) is 17.2 Å². The van der Waals surface area contributed by atoms with Gasteiger partial charge >= 0.3 is 5.97 Å². The van der Waals surface area contributed by atoms with Crippen molar-refractivity contribution in [3.05, 3.63) is 102 Å². The van der Waals surface area contributed by atoms with E-state index in [1.54, 1.807) is 54.6 Å². The lowest BCUT2D eigenvalue weighted by Crippen LogP contribution is -2.08. The fraction of sp³-hybridized carbons (Fsp3) is 0.0357. The summed E-state index contributed by atoms with van der Waals surface area (Å²) in [6.45, 7) is 1.98. The Balaban J connectivity index is 1.40. The van der Waals surface area contributed by atoms with Crippen LogP contribution in [0.15, 0.2) is 91.0 Å². The van der Waals surface area contributed by atoms with Crippen LogP contribution >= 0.6 is 0 Å². The first kappa shape index (κ1) is 19.6. The molecular formula is C28H20O4. The molecule has 5 aromatic carbocycles. The largest absolute Gasteiger partial charge is 0.508 e. The van der Waals surface area contributed by atoms with Crippen LogP contribution in [0.3, 0.4) is 0 Å². The van der Waals surface area contributed by atoms with Gasteiger partial charge in [0.05, 0.1) is 5.56 Å². The minimum atomic E-state index is -0.433. The molecule has 0 fully saturated rings. The Labute approximate surface area is 185 Å². The van der Waals surface area contributed by atoms with Crippen LogP contribution < -0.4 is 4.74 Å². The van der Waals surface area contributed by atoms with Gasteiger partial charge in [-0.05, 0) is 99.8 Å². The first-order valence-corrected chi connectivity index (χ1v) is 10.2. The molecule has 0 aliphatic rings. The van der Waals surface area contributed by atoms with Crippen molar-refractivity contribution in [3.63, 3.8) is 0 Å². The molecule has 0 aromatic heterocycles. The predicted octanol–water partition coefficient (Wildman–Crippen LogP) is 6.60. The summed E-state index contributed by atoms with van der Waals surface area (Å²) < 4.78 is 5.61. The van der Waals surface area contributed by atoms with Gasteiger partial charge in [0.2, 0.25) is 0 Å². The third kappa shape index (κ3) is 3.74. The van der Waals surface area contributed by atoms with Crippen molar-refractivity contribution in [2.24, 2.45) is 0 Å². The van der Waals surface area contributed by atoms with Gasteiger partial charge in [0, 0.05) is 0 Å². The Kier molecular flexibility index (Phi) is 4.75. The smallest absolute Gasteiger partial charge is 0.343 e. The highest BCUT2D eigenvalue weighted by atomic mass is 16.5. The first-order chi connectivity index (χ1) is 15.5. The van der Waals surface area contributed by atoms with E-state index in [0.717, 1.165) is 38.2 Å². The number of fused-ring (bicyclic) bond motifs is 2. The summed E-state index contributed by atoms with van der Waals surface area (Å²) in [6, 6.07) is 27.2. The van der Waals surface area contributed by atoms with E-state index >= 15 is 0 Å². The molecule has 0 atom stereocenters. The number of rotatable bonds is 3. The molecule has 0 saturated heterocycles. The summed E-state index contributed by atoms with van der Waals surface area (Å²) in [7, 11) is 0. The number of esters is 1. The van der Waals surface area contributed by atoms with E-state index in [4.69, 9.17) is 4.74 Å². The van der Waals surface area contributed by atoms with Crippen LogP contribution in [0.4, 0.5) is 0 Å². The summed E-state index contributed by atoms with van der Waals surface area (Å²) in [5.41, 5.74) is 3.53. The Morgan fingerprint density at radius 1 is 0.656 bits per heavy atom. The minimum absolute atomic E-state index is 0.188. The highest BCUT2D eigenvalue weighted by molar-refractivity contribution is 5.97. The van der Waals surface area contributed by atoms with Crippen LogP contribution in [-0.2, 0) is 0 Å². The normalized spacial score (nSPS) is 11.0. The van der Waals surface area contributed by atoms with Crippen LogP contribution in [0.25, 0.3) is 32.7 Å². The van der Waals surface area contributed by atoms with E-state index in [-0.39, 0.29) is 11.5 Å². The van der Waals surface area contributed by atoms with Crippen LogP contribution in [0.5, 0.6) is 17.2 Å². The third-order valence-electron chi connectivity index (χ3n) is 5.60. The molecule has 0 spiro atoms. The molecule has 32 heavy (non-hydrogen) atoms. The summed E-state index contributed by atoms with van der Waals surface area (Å²) in [6.07, 6.45) is 0. The van der Waals surface area contributed by atoms with Crippen LogP contribution in [0.2, 0.25) is 0 Å². The second-order valence-corrected chi connectivity index (χ2v) is 7.86. The van der Waals surface area contributed by atoms with Gasteiger partial charge < -0.3 is 14.9 Å². The number of aryl methyl sites for hydroxylation is 1. The average molecular weight is 420 g/mol. The third-order valence-corrected chi connectivity index (χ3v) is 5.60. The van der Waals surface area contributed by atoms with E-state index in [2.05, 4.69) is 6.07 Å². The second kappa shape index (κ2) is 7.75. The van der Waals surface area contributed by atoms with Gasteiger partial charge in [0.25, 0.3) is 0 Å². The van der Waals surface area contributed by atoms with Crippen molar-refractivity contribution in [2.75, 3.05) is 0 Å². The lowest BCUT2D eigenvalue weighted by atomic mass is 9.97. The maximum atomic E-state index is 12.7. The molecule has 0 aliphatic carbocycles. The monoisotopic (exact) mass is 420 g/mol. The van der Waals surface area contributed by atoms with Crippen LogP contribution in [0.1, 0.15) is 15.9 Å². The van der Waals surface area contributed by atoms with Gasteiger partial charge in [0.15, 0.2) is 0 Å². The quantitative estimate of drug-likeness (QED) is 0.255. The maximum absolute atomic E-state index is 12.7. The van der Waals surface area contributed by atoms with Gasteiger partial charge in [-0.25, -0.2) is 4.79 Å². The molecule has 0 saturated carbocycles. The fourth-order valence-electron chi connectivity index (χ4n) is 3.95. The van der Waals surface area contributed by atoms with Crippen LogP contribution in [0, 0.1) is 6.92 Å². The number of aromatic hydroxyl groups is 2. The Bertz CT molecular complexity index is 1500. The number of phenolic OH excluding ortho intramolecular Hbond substituents is 2. The number of phenols is 2. The lowest BCUT2D eigenvalue weighted by Gasteiger charge is -2.11. The molecule has 5 rings (SSSR count). The van der Waals surface area contributed by atoms with Crippen molar-refractivity contribution < 1.29 is 19.7 Å². The molecule has 0 unspecified atom stereocenters. The maximum Gasteiger partial charge on any atom is 0.343 e. The van der Waals surface area contributed by atoms with Crippen molar-refractivity contribution in [1.29, 1.82) is 0 Å². The minimum Gasteiger partial charge on any atom is -0.508 e. The molecular weight excluding hydrogens is 400 g/mol. The number of carbonyl (C=O) groups is 1. The topological polar surface area (TPSA) is 66.8 Å². The van der Waals surface area contributed by atoms with Gasteiger partial charge in [-0.1, -0.05) is 36.4 Å². The van der Waals surface area contributed by atoms with E-state index in [0.29, 0.717) is 11.3 Å². The van der Waals surface area contributed by atoms with E-state index in [1.165, 1.54) is 0 Å². The highest BCUT2D eigenvalue weighted by Crippen LogP contribution is 2.31. The van der Waals surface area contributed by atoms with Crippen molar-refractivity contribution >= 4 is 27.5 Å². The lowest BCUT2D eigenvalue weighted by molar-refractivity contribution is 0.0735. The summed E-state index contributed by atoms with van der Waals surface area (Å²) >= 11 is 0. The zero-order chi connectivity index (χ0) is 22.2. The van der Waals surface area contributed by atoms with Gasteiger partial charge in [-0.2, -0.15) is 0 Å². The number of hydrogen-bond donors (Lipinski definition) is 2. The second-order valence-electron chi connectivity index (χ2n) is 7.86. The zero-order valence-corrected chi connectivity index (χ0v) is 17.4. The van der Waals surface area contributed by atoms with Crippen molar-refractivity contribution in [3.8, 4) is 28.4 Å². The molecule has 0 aliphatic heterocycles. The number of carbonyl (C=O) groups excluding carboxylic acids is 1. The van der Waals surface area contributed by atoms with Crippen molar-refractivity contribution in [2.45, 2.75) is 6.92 Å². The van der Waals surface area contributed by atoms with E-state index in [9.17, 15) is 15.0 Å². The molecule has 0 radical (unpaired) electrons. The van der Waals surface area contributed by atoms with Gasteiger partial charge in [-0.3, -0.25) is 0 Å². The van der Waals surface area contributed by atoms with Crippen LogP contribution in [-0.4, -0.2) is 16.2 Å². The Hall–Kier alpha value is -4.31. The molecule has 4 heteroatoms. The Morgan fingerprint density at radius 3 is 1.94 bits per heavy atom. The number of benzene rings is 5. The summed E-state index contributed by atoms with van der Waals surface area (Å²) in [5.74, 6) is 0.482. The molecule has 5 aromatic rings. The number of ether oxygens (including phenoxy) is 1. The zero-order valence-electron chi connectivity index (χ0n) is 17.4. The van der Waals surface area contributed by atoms with E-state index < -0.39 is 5.97 Å². The SMILES string of the molecule is Cc1cc(OC(=O)c2ccc3cc(O)ccc3c2)ccc1-c1ccc2cc(O)ccc2c1. The van der Waals surface area contributed by atoms with Crippen molar-refractivity contribution in [1.82, 2.24) is 0 Å². The molecule has 156 valence electrons. The van der Waals surface area contributed by atoms with E-state index in [1.807, 2.05) is 37.3 Å². The summed E-state index contributed by atoms with van der Waals surface area (Å²) in [5, 5.41) is 23.0. The molecule has 4 nitrogen and oxygen atoms in total. The average Bonchev–Trinajstić information content (AvgIpc) is 2.78. The molecule has 0 amide bonds. The highest BCUT2D eigenvalue weighted by Gasteiger charge is 2.12. The standard InChI is InChI=1S/C28H20O4/c1-17-12-26(32-28(31)23-5-3-21-16-25(30)9-7-19(21)14-23)10-11-27(17)22-4-2-20-15-24(29)8-6-18(20)13-22/h2-16,29-30H,1H3. The fourth-order valence-corrected chi connectivity index (χ4v) is 3.95. The molecule has 0 heterocycles. The first-order valence-electron chi connectivity index (χ1n) is 10.2. The predicted molar refractivity (Wildman–Crippen MR) is 126 cm³/mol. The number of hydrogen-bond acceptors (Lipinski definition) is 4.